The molecule has 2 heterocycles. The van der Waals surface area contributed by atoms with Crippen molar-refractivity contribution in [2.45, 2.75) is 13.5 Å². The third-order valence-electron chi connectivity index (χ3n) is 4.29. The minimum atomic E-state index is -1.40. The van der Waals surface area contributed by atoms with Gasteiger partial charge in [0.15, 0.2) is 11.4 Å². The second kappa shape index (κ2) is 6.12. The summed E-state index contributed by atoms with van der Waals surface area (Å²) < 4.78 is 15.8. The number of nitrogens with one attached hydrogen (secondary N) is 1. The van der Waals surface area contributed by atoms with Gasteiger partial charge in [-0.3, -0.25) is 4.79 Å². The van der Waals surface area contributed by atoms with Crippen molar-refractivity contribution < 1.29 is 19.4 Å². The average molecular weight is 335 g/mol. The highest BCUT2D eigenvalue weighted by molar-refractivity contribution is 5.94. The lowest BCUT2D eigenvalue weighted by Gasteiger charge is -2.30. The number of carboxylic acid groups (broad SMARTS) is 1. The van der Waals surface area contributed by atoms with Gasteiger partial charge in [0.1, 0.15) is 5.82 Å². The number of nitrogens with zero attached hydrogens (tertiary/aromatic N) is 2. The van der Waals surface area contributed by atoms with Crippen molar-refractivity contribution in [3.05, 3.63) is 33.9 Å². The van der Waals surface area contributed by atoms with Gasteiger partial charge in [-0.25, -0.2) is 9.18 Å². The molecule has 1 aliphatic heterocycles. The van der Waals surface area contributed by atoms with Crippen LogP contribution in [-0.4, -0.2) is 46.9 Å². The SMILES string of the molecule is CCn1c(C(=O)O)c(O)c(=O)c2cc(F)c(N3CCNCC3)cc21. The van der Waals surface area contributed by atoms with Crippen molar-refractivity contribution in [3.63, 3.8) is 0 Å². The molecule has 1 saturated heterocycles. The summed E-state index contributed by atoms with van der Waals surface area (Å²) in [7, 11) is 0. The van der Waals surface area contributed by atoms with Gasteiger partial charge in [-0.2, -0.15) is 0 Å². The molecule has 1 aliphatic rings. The zero-order valence-corrected chi connectivity index (χ0v) is 13.2. The molecule has 1 aromatic carbocycles. The van der Waals surface area contributed by atoms with Crippen molar-refractivity contribution in [3.8, 4) is 5.75 Å². The van der Waals surface area contributed by atoms with E-state index in [0.29, 0.717) is 37.4 Å². The molecule has 1 fully saturated rings. The number of benzene rings is 1. The molecule has 8 heteroatoms. The van der Waals surface area contributed by atoms with Crippen LogP contribution < -0.4 is 15.6 Å². The third-order valence-corrected chi connectivity index (χ3v) is 4.29. The molecule has 0 bridgehead atoms. The number of carboxylic acids is 1. The van der Waals surface area contributed by atoms with Gasteiger partial charge in [-0.05, 0) is 19.1 Å². The van der Waals surface area contributed by atoms with Gasteiger partial charge < -0.3 is 25.0 Å². The molecule has 0 saturated carbocycles. The van der Waals surface area contributed by atoms with Gasteiger partial charge in [0.25, 0.3) is 0 Å². The zero-order chi connectivity index (χ0) is 17.4. The zero-order valence-electron chi connectivity index (χ0n) is 13.2. The van der Waals surface area contributed by atoms with Crippen LogP contribution in [0.4, 0.5) is 10.1 Å². The monoisotopic (exact) mass is 335 g/mol. The predicted octanol–water partition coefficient (Wildman–Crippen LogP) is 0.974. The van der Waals surface area contributed by atoms with Crippen molar-refractivity contribution in [1.29, 1.82) is 0 Å². The van der Waals surface area contributed by atoms with Crippen LogP contribution in [0.5, 0.6) is 5.75 Å². The van der Waals surface area contributed by atoms with Crippen molar-refractivity contribution in [2.75, 3.05) is 31.1 Å². The summed E-state index contributed by atoms with van der Waals surface area (Å²) in [4.78, 5) is 25.5. The second-order valence-corrected chi connectivity index (χ2v) is 5.63. The Morgan fingerprint density at radius 2 is 2.00 bits per heavy atom. The van der Waals surface area contributed by atoms with E-state index in [-0.39, 0.29) is 11.9 Å². The number of carbonyl (C=O) groups is 1. The molecule has 1 aromatic heterocycles. The standard InChI is InChI=1S/C16H18FN3O4/c1-2-20-11-8-12(19-5-3-18-4-6-19)10(17)7-9(11)14(21)15(22)13(20)16(23)24/h7-8,18,22H,2-6H2,1H3,(H,23,24). The Morgan fingerprint density at radius 1 is 1.33 bits per heavy atom. The Labute approximate surface area is 136 Å². The number of aromatic hydroxyl groups is 1. The molecule has 2 aromatic rings. The Balaban J connectivity index is 2.33. The molecule has 3 N–H and O–H groups in total. The number of hydrogen-bond acceptors (Lipinski definition) is 5. The van der Waals surface area contributed by atoms with Crippen LogP contribution in [0, 0.1) is 5.82 Å². The summed E-state index contributed by atoms with van der Waals surface area (Å²) in [6, 6.07) is 2.57. The summed E-state index contributed by atoms with van der Waals surface area (Å²) in [5.41, 5.74) is -0.731. The third kappa shape index (κ3) is 2.48. The maximum absolute atomic E-state index is 14.5. The molecule has 0 unspecified atom stereocenters. The molecule has 0 amide bonds. The van der Waals surface area contributed by atoms with Crippen molar-refractivity contribution in [2.24, 2.45) is 0 Å². The lowest BCUT2D eigenvalue weighted by Crippen LogP contribution is -2.43. The molecule has 7 nitrogen and oxygen atoms in total. The van der Waals surface area contributed by atoms with E-state index >= 15 is 0 Å². The highest BCUT2D eigenvalue weighted by Crippen LogP contribution is 2.28. The number of aryl methyl sites for hydroxylation is 1. The quantitative estimate of drug-likeness (QED) is 0.774. The summed E-state index contributed by atoms with van der Waals surface area (Å²) >= 11 is 0. The fraction of sp³-hybridized carbons (Fsp3) is 0.375. The number of rotatable bonds is 3. The summed E-state index contributed by atoms with van der Waals surface area (Å²) in [6.45, 7) is 4.58. The molecule has 24 heavy (non-hydrogen) atoms. The van der Waals surface area contributed by atoms with E-state index in [1.807, 2.05) is 4.90 Å². The molecule has 0 radical (unpaired) electrons. The first-order valence-corrected chi connectivity index (χ1v) is 7.73. The maximum Gasteiger partial charge on any atom is 0.356 e. The highest BCUT2D eigenvalue weighted by Gasteiger charge is 2.23. The Kier molecular flexibility index (Phi) is 4.15. The molecular formula is C16H18FN3O4. The fourth-order valence-electron chi connectivity index (χ4n) is 3.13. The molecular weight excluding hydrogens is 317 g/mol. The first kappa shape index (κ1) is 16.3. The van der Waals surface area contributed by atoms with Crippen LogP contribution in [-0.2, 0) is 6.54 Å². The van der Waals surface area contributed by atoms with Gasteiger partial charge in [-0.1, -0.05) is 0 Å². The van der Waals surface area contributed by atoms with Gasteiger partial charge >= 0.3 is 5.97 Å². The van der Waals surface area contributed by atoms with Crippen molar-refractivity contribution in [1.82, 2.24) is 9.88 Å². The highest BCUT2D eigenvalue weighted by atomic mass is 19.1. The van der Waals surface area contributed by atoms with Gasteiger partial charge in [0, 0.05) is 32.7 Å². The topological polar surface area (TPSA) is 94.8 Å². The Bertz CT molecular complexity index is 872. The van der Waals surface area contributed by atoms with E-state index in [9.17, 15) is 24.2 Å². The van der Waals surface area contributed by atoms with Gasteiger partial charge in [0.05, 0.1) is 16.6 Å². The Hall–Kier alpha value is -2.61. The number of halogens is 1. The van der Waals surface area contributed by atoms with E-state index in [1.54, 1.807) is 6.92 Å². The average Bonchev–Trinajstić information content (AvgIpc) is 2.58. The number of piperazine rings is 1. The number of aromatic carboxylic acids is 1. The minimum Gasteiger partial charge on any atom is -0.502 e. The van der Waals surface area contributed by atoms with Crippen molar-refractivity contribution >= 4 is 22.6 Å². The number of pyridine rings is 1. The van der Waals surface area contributed by atoms with E-state index < -0.39 is 28.7 Å². The van der Waals surface area contributed by atoms with Gasteiger partial charge in [0.2, 0.25) is 5.43 Å². The molecule has 128 valence electrons. The van der Waals surface area contributed by atoms with Crippen LogP contribution >= 0.6 is 0 Å². The number of hydrogen-bond donors (Lipinski definition) is 3. The number of fused-ring (bicyclic) bond motifs is 1. The summed E-state index contributed by atoms with van der Waals surface area (Å²) in [5, 5.41) is 22.4. The lowest BCUT2D eigenvalue weighted by atomic mass is 10.1. The fourth-order valence-corrected chi connectivity index (χ4v) is 3.13. The molecule has 3 rings (SSSR count). The minimum absolute atomic E-state index is 0.0317. The normalized spacial score (nSPS) is 15.0. The molecule has 0 aliphatic carbocycles. The van der Waals surface area contributed by atoms with E-state index in [0.717, 1.165) is 6.07 Å². The van der Waals surface area contributed by atoms with Crippen LogP contribution in [0.15, 0.2) is 16.9 Å². The first-order chi connectivity index (χ1) is 11.5. The van der Waals surface area contributed by atoms with E-state index in [2.05, 4.69) is 5.32 Å². The first-order valence-electron chi connectivity index (χ1n) is 7.73. The maximum atomic E-state index is 14.5. The predicted molar refractivity (Wildman–Crippen MR) is 87.5 cm³/mol. The van der Waals surface area contributed by atoms with Crippen LogP contribution in [0.25, 0.3) is 10.9 Å². The van der Waals surface area contributed by atoms with E-state index in [4.69, 9.17) is 0 Å². The summed E-state index contributed by atoms with van der Waals surface area (Å²) in [6.07, 6.45) is 0. The number of aromatic nitrogens is 1. The van der Waals surface area contributed by atoms with Gasteiger partial charge in [-0.15, -0.1) is 0 Å². The lowest BCUT2D eigenvalue weighted by molar-refractivity contribution is 0.0681. The largest absolute Gasteiger partial charge is 0.502 e. The Morgan fingerprint density at radius 3 is 2.58 bits per heavy atom. The number of anilines is 1. The smallest absolute Gasteiger partial charge is 0.356 e. The van der Waals surface area contributed by atoms with Crippen LogP contribution in [0.1, 0.15) is 17.4 Å². The molecule has 0 spiro atoms. The second-order valence-electron chi connectivity index (χ2n) is 5.63. The van der Waals surface area contributed by atoms with Crippen LogP contribution in [0.3, 0.4) is 0 Å². The summed E-state index contributed by atoms with van der Waals surface area (Å²) in [5.74, 6) is -2.83. The van der Waals surface area contributed by atoms with E-state index in [1.165, 1.54) is 10.6 Å². The molecule has 0 atom stereocenters. The van der Waals surface area contributed by atoms with Crippen LogP contribution in [0.2, 0.25) is 0 Å².